The summed E-state index contributed by atoms with van der Waals surface area (Å²) in [5.74, 6) is 7.47. The molecule has 1 aromatic rings. The number of nitrogens with zero attached hydrogens (tertiary/aromatic N) is 1. The topological polar surface area (TPSA) is 66.8 Å². The fraction of sp³-hybridized carbons (Fsp3) is 0.619. The van der Waals surface area contributed by atoms with E-state index in [4.69, 9.17) is 9.84 Å². The third-order valence-corrected chi connectivity index (χ3v) is 6.13. The Hall–Kier alpha value is -2.00. The van der Waals surface area contributed by atoms with E-state index in [1.165, 1.54) is 11.3 Å². The van der Waals surface area contributed by atoms with Crippen LogP contribution < -0.4 is 9.64 Å². The van der Waals surface area contributed by atoms with Crippen LogP contribution in [0.2, 0.25) is 0 Å². The summed E-state index contributed by atoms with van der Waals surface area (Å²) in [6.07, 6.45) is 4.77. The van der Waals surface area contributed by atoms with Gasteiger partial charge in [0.1, 0.15) is 5.69 Å². The lowest BCUT2D eigenvalue weighted by molar-refractivity contribution is -0.123. The van der Waals surface area contributed by atoms with Gasteiger partial charge in [-0.05, 0) is 64.4 Å². The zero-order valence-corrected chi connectivity index (χ0v) is 17.0. The molecule has 0 spiro atoms. The number of carbonyl (C=O) groups excluding carboxylic acids is 1. The minimum absolute atomic E-state index is 0.0119. The van der Waals surface area contributed by atoms with Gasteiger partial charge in [0, 0.05) is 17.9 Å². The Morgan fingerprint density at radius 3 is 2.44 bits per heavy atom. The number of hydrogen-bond acceptors (Lipinski definition) is 4. The molecule has 2 saturated carbocycles. The largest absolute Gasteiger partial charge is 0.512 e. The molecule has 2 fully saturated rings. The number of thiophene rings is 1. The van der Waals surface area contributed by atoms with Crippen molar-refractivity contribution in [3.63, 3.8) is 0 Å². The van der Waals surface area contributed by atoms with Gasteiger partial charge in [0.2, 0.25) is 11.0 Å². The lowest BCUT2D eigenvalue weighted by atomic mass is 9.82. The number of carbonyl (C=O) groups is 2. The molecule has 5 nitrogen and oxygen atoms in total. The summed E-state index contributed by atoms with van der Waals surface area (Å²) in [6.45, 7) is 6.12. The van der Waals surface area contributed by atoms with Crippen LogP contribution in [0.1, 0.15) is 64.2 Å². The standard InChI is InChI=1S/C21H27NO4S/c1-13(2)22(19(23)16-9-4-14(3)5-10-16)18-12-17(11-8-15-6-7-15)27-20(18)26-21(24)25/h12-16H,4-7,9-10H2,1-3H3,(H,24,25)/t14-,16-. The molecule has 1 N–H and O–H groups in total. The van der Waals surface area contributed by atoms with Gasteiger partial charge in [-0.25, -0.2) is 4.79 Å². The third-order valence-electron chi connectivity index (χ3n) is 5.21. The molecule has 3 rings (SSSR count). The SMILES string of the molecule is CC(C)N(c1cc(C#CC2CC2)sc1OC(=O)O)C(=O)[C@H]1CC[C@H](C)CC1. The van der Waals surface area contributed by atoms with Gasteiger partial charge >= 0.3 is 6.16 Å². The van der Waals surface area contributed by atoms with Gasteiger partial charge in [0.05, 0.1) is 4.88 Å². The fourth-order valence-electron chi connectivity index (χ4n) is 3.50. The summed E-state index contributed by atoms with van der Waals surface area (Å²) in [7, 11) is 0. The molecule has 146 valence electrons. The average molecular weight is 390 g/mol. The van der Waals surface area contributed by atoms with Crippen LogP contribution in [-0.2, 0) is 4.79 Å². The zero-order valence-electron chi connectivity index (χ0n) is 16.2. The van der Waals surface area contributed by atoms with Crippen LogP contribution in [0.3, 0.4) is 0 Å². The van der Waals surface area contributed by atoms with Gasteiger partial charge in [-0.15, -0.1) is 0 Å². The Labute approximate surface area is 164 Å². The Bertz CT molecular complexity index is 761. The van der Waals surface area contributed by atoms with E-state index in [9.17, 15) is 9.59 Å². The first-order chi connectivity index (χ1) is 12.8. The van der Waals surface area contributed by atoms with E-state index < -0.39 is 6.16 Å². The van der Waals surface area contributed by atoms with Crippen LogP contribution >= 0.6 is 11.3 Å². The summed E-state index contributed by atoms with van der Waals surface area (Å²) in [6, 6.07) is 1.72. The van der Waals surface area contributed by atoms with Crippen molar-refractivity contribution in [2.24, 2.45) is 17.8 Å². The predicted molar refractivity (Wildman–Crippen MR) is 106 cm³/mol. The van der Waals surface area contributed by atoms with E-state index in [0.717, 1.165) is 43.4 Å². The highest BCUT2D eigenvalue weighted by Crippen LogP contribution is 2.41. The summed E-state index contributed by atoms with van der Waals surface area (Å²) >= 11 is 1.20. The number of amides is 1. The summed E-state index contributed by atoms with van der Waals surface area (Å²) in [5.41, 5.74) is 0.529. The van der Waals surface area contributed by atoms with E-state index in [0.29, 0.717) is 17.5 Å². The van der Waals surface area contributed by atoms with Crippen LogP contribution in [0.15, 0.2) is 6.07 Å². The Morgan fingerprint density at radius 2 is 1.89 bits per heavy atom. The molecular weight excluding hydrogens is 362 g/mol. The highest BCUT2D eigenvalue weighted by molar-refractivity contribution is 7.15. The minimum atomic E-state index is -1.37. The molecule has 0 radical (unpaired) electrons. The third kappa shape index (κ3) is 5.04. The maximum Gasteiger partial charge on any atom is 0.512 e. The molecule has 2 aliphatic rings. The van der Waals surface area contributed by atoms with Gasteiger partial charge in [-0.2, -0.15) is 0 Å². The normalized spacial score (nSPS) is 22.1. The Balaban J connectivity index is 1.89. The molecule has 2 aliphatic carbocycles. The molecular formula is C21H27NO4S. The zero-order chi connectivity index (χ0) is 19.6. The average Bonchev–Trinajstić information content (AvgIpc) is 3.35. The van der Waals surface area contributed by atoms with Gasteiger partial charge in [-0.1, -0.05) is 30.1 Å². The van der Waals surface area contributed by atoms with Gasteiger partial charge in [-0.3, -0.25) is 4.79 Å². The first-order valence-corrected chi connectivity index (χ1v) is 10.6. The molecule has 27 heavy (non-hydrogen) atoms. The highest BCUT2D eigenvalue weighted by atomic mass is 32.1. The van der Waals surface area contributed by atoms with Crippen LogP contribution in [0.4, 0.5) is 10.5 Å². The Morgan fingerprint density at radius 1 is 1.22 bits per heavy atom. The molecule has 6 heteroatoms. The van der Waals surface area contributed by atoms with E-state index >= 15 is 0 Å². The van der Waals surface area contributed by atoms with Gasteiger partial charge < -0.3 is 14.7 Å². The van der Waals surface area contributed by atoms with Crippen molar-refractivity contribution in [3.8, 4) is 16.9 Å². The number of carboxylic acid groups (broad SMARTS) is 1. The maximum atomic E-state index is 13.3. The van der Waals surface area contributed by atoms with Crippen molar-refractivity contribution >= 4 is 29.1 Å². The number of anilines is 1. The van der Waals surface area contributed by atoms with Crippen molar-refractivity contribution in [3.05, 3.63) is 10.9 Å². The van der Waals surface area contributed by atoms with Crippen molar-refractivity contribution in [1.82, 2.24) is 0 Å². The second kappa shape index (κ2) is 8.35. The second-order valence-electron chi connectivity index (χ2n) is 7.95. The number of hydrogen-bond donors (Lipinski definition) is 1. The van der Waals surface area contributed by atoms with Crippen molar-refractivity contribution in [1.29, 1.82) is 0 Å². The Kier molecular flexibility index (Phi) is 6.11. The van der Waals surface area contributed by atoms with Crippen molar-refractivity contribution in [2.75, 3.05) is 4.90 Å². The van der Waals surface area contributed by atoms with Gasteiger partial charge in [0.25, 0.3) is 0 Å². The predicted octanol–water partition coefficient (Wildman–Crippen LogP) is 5.13. The van der Waals surface area contributed by atoms with E-state index in [-0.39, 0.29) is 22.9 Å². The van der Waals surface area contributed by atoms with Crippen LogP contribution in [0, 0.1) is 29.6 Å². The summed E-state index contributed by atoms with van der Waals surface area (Å²) < 4.78 is 5.01. The minimum Gasteiger partial charge on any atom is -0.449 e. The summed E-state index contributed by atoms with van der Waals surface area (Å²) in [4.78, 5) is 26.9. The van der Waals surface area contributed by atoms with Gasteiger partial charge in [0.15, 0.2) is 0 Å². The van der Waals surface area contributed by atoms with E-state index in [1.54, 1.807) is 4.90 Å². The molecule has 0 aliphatic heterocycles. The monoisotopic (exact) mass is 389 g/mol. The molecule has 0 unspecified atom stereocenters. The molecule has 0 aromatic carbocycles. The van der Waals surface area contributed by atoms with E-state index in [2.05, 4.69) is 18.8 Å². The smallest absolute Gasteiger partial charge is 0.449 e. The molecule has 0 saturated heterocycles. The fourth-order valence-corrected chi connectivity index (χ4v) is 4.36. The quantitative estimate of drug-likeness (QED) is 0.572. The molecule has 1 heterocycles. The first-order valence-electron chi connectivity index (χ1n) is 9.74. The molecule has 0 atom stereocenters. The van der Waals surface area contributed by atoms with E-state index in [1.807, 2.05) is 19.9 Å². The maximum absolute atomic E-state index is 13.3. The van der Waals surface area contributed by atoms with Crippen molar-refractivity contribution in [2.45, 2.75) is 65.3 Å². The lowest BCUT2D eigenvalue weighted by Gasteiger charge is -2.33. The van der Waals surface area contributed by atoms with Crippen LogP contribution in [0.5, 0.6) is 5.06 Å². The van der Waals surface area contributed by atoms with Crippen LogP contribution in [-0.4, -0.2) is 23.2 Å². The lowest BCUT2D eigenvalue weighted by Crippen LogP contribution is -2.42. The second-order valence-corrected chi connectivity index (χ2v) is 8.97. The van der Waals surface area contributed by atoms with Crippen LogP contribution in [0.25, 0.3) is 0 Å². The molecule has 1 aromatic heterocycles. The first kappa shape index (κ1) is 19.8. The highest BCUT2D eigenvalue weighted by Gasteiger charge is 2.33. The summed E-state index contributed by atoms with van der Waals surface area (Å²) in [5, 5.41) is 9.34. The molecule has 0 bridgehead atoms. The molecule has 1 amide bonds. The van der Waals surface area contributed by atoms with Crippen molar-refractivity contribution < 1.29 is 19.4 Å². The number of rotatable bonds is 4. The number of ether oxygens (including phenoxy) is 1.